The summed E-state index contributed by atoms with van der Waals surface area (Å²) in [6.07, 6.45) is 2.74. The topological polar surface area (TPSA) is 79.1 Å². The molecule has 7 heteroatoms. The highest BCUT2D eigenvalue weighted by atomic mass is 16.5. The molecule has 1 aliphatic rings. The summed E-state index contributed by atoms with van der Waals surface area (Å²) in [5.41, 5.74) is 8.07. The van der Waals surface area contributed by atoms with Gasteiger partial charge in [-0.3, -0.25) is 4.90 Å². The molecule has 3 heterocycles. The maximum absolute atomic E-state index is 5.62. The molecule has 0 saturated carbocycles. The number of nitrogens with zero attached hydrogens (tertiary/aromatic N) is 3. The van der Waals surface area contributed by atoms with Crippen LogP contribution in [0.3, 0.4) is 0 Å². The molecule has 1 unspecified atom stereocenters. The first-order valence-corrected chi connectivity index (χ1v) is 11.7. The Bertz CT molecular complexity index is 1450. The Kier molecular flexibility index (Phi) is 5.47. The number of methoxy groups -OCH3 is 2. The van der Waals surface area contributed by atoms with Gasteiger partial charge < -0.3 is 14.5 Å². The molecule has 6 rings (SSSR count). The molecular weight excluding hydrogens is 438 g/mol. The molecule has 1 atom stereocenters. The molecule has 0 saturated heterocycles. The summed E-state index contributed by atoms with van der Waals surface area (Å²) >= 11 is 0. The van der Waals surface area contributed by atoms with E-state index in [1.165, 1.54) is 27.7 Å². The first-order valence-electron chi connectivity index (χ1n) is 11.7. The van der Waals surface area contributed by atoms with Gasteiger partial charge in [-0.05, 0) is 47.4 Å². The minimum atomic E-state index is 0.0332. The Morgan fingerprint density at radius 3 is 2.57 bits per heavy atom. The second kappa shape index (κ2) is 8.92. The number of fused-ring (bicyclic) bond motifs is 3. The molecule has 0 bridgehead atoms. The second-order valence-corrected chi connectivity index (χ2v) is 8.89. The molecule has 35 heavy (non-hydrogen) atoms. The molecule has 0 fully saturated rings. The quantitative estimate of drug-likeness (QED) is 0.364. The van der Waals surface area contributed by atoms with Crippen LogP contribution in [-0.4, -0.2) is 46.1 Å². The van der Waals surface area contributed by atoms with Crippen molar-refractivity contribution in [2.24, 2.45) is 0 Å². The van der Waals surface area contributed by atoms with Gasteiger partial charge in [-0.25, -0.2) is 0 Å². The van der Waals surface area contributed by atoms with E-state index in [1.807, 2.05) is 6.07 Å². The van der Waals surface area contributed by atoms with Gasteiger partial charge in [0.1, 0.15) is 17.2 Å². The molecule has 5 aromatic rings. The monoisotopic (exact) mass is 465 g/mol. The molecule has 0 amide bonds. The van der Waals surface area contributed by atoms with Crippen molar-refractivity contribution in [3.63, 3.8) is 0 Å². The van der Waals surface area contributed by atoms with E-state index >= 15 is 0 Å². The minimum absolute atomic E-state index is 0.0332. The maximum Gasteiger partial charge on any atom is 0.122 e. The van der Waals surface area contributed by atoms with E-state index in [4.69, 9.17) is 9.47 Å². The van der Waals surface area contributed by atoms with E-state index in [-0.39, 0.29) is 6.04 Å². The van der Waals surface area contributed by atoms with Crippen LogP contribution in [-0.2, 0) is 13.0 Å². The van der Waals surface area contributed by atoms with Gasteiger partial charge in [0, 0.05) is 41.3 Å². The van der Waals surface area contributed by atoms with E-state index in [2.05, 4.69) is 86.0 Å². The van der Waals surface area contributed by atoms with Gasteiger partial charge in [-0.15, -0.1) is 0 Å². The number of nitrogens with one attached hydrogen (secondary N) is 2. The Hall–Kier alpha value is -4.10. The van der Waals surface area contributed by atoms with Crippen LogP contribution in [0.2, 0.25) is 0 Å². The number of ether oxygens (including phenoxy) is 2. The summed E-state index contributed by atoms with van der Waals surface area (Å²) < 4.78 is 11.2. The fourth-order valence-electron chi connectivity index (χ4n) is 5.23. The summed E-state index contributed by atoms with van der Waals surface area (Å²) in [5, 5.41) is 12.2. The highest BCUT2D eigenvalue weighted by molar-refractivity contribution is 5.85. The predicted molar refractivity (Wildman–Crippen MR) is 136 cm³/mol. The Labute approximate surface area is 203 Å². The lowest BCUT2D eigenvalue weighted by Crippen LogP contribution is -2.35. The van der Waals surface area contributed by atoms with E-state index in [0.717, 1.165) is 47.8 Å². The zero-order valence-electron chi connectivity index (χ0n) is 19.8. The summed E-state index contributed by atoms with van der Waals surface area (Å²) in [6.45, 7) is 1.73. The molecule has 2 N–H and O–H groups in total. The molecule has 1 aliphatic heterocycles. The maximum atomic E-state index is 5.62. The number of rotatable bonds is 6. The van der Waals surface area contributed by atoms with Gasteiger partial charge in [-0.2, -0.15) is 15.4 Å². The van der Waals surface area contributed by atoms with Crippen molar-refractivity contribution in [2.75, 3.05) is 20.8 Å². The van der Waals surface area contributed by atoms with E-state index in [0.29, 0.717) is 0 Å². The SMILES string of the molecule is COc1cc(OC)cc(C2c3[nH]c4ccccc4c3CCN2Cc2cccc(-c3cn[nH]n3)c2)c1. The largest absolute Gasteiger partial charge is 0.497 e. The molecule has 0 aliphatic carbocycles. The van der Waals surface area contributed by atoms with Crippen molar-refractivity contribution < 1.29 is 9.47 Å². The van der Waals surface area contributed by atoms with Crippen molar-refractivity contribution in [1.82, 2.24) is 25.3 Å². The summed E-state index contributed by atoms with van der Waals surface area (Å²) in [4.78, 5) is 6.27. The van der Waals surface area contributed by atoms with Crippen LogP contribution in [0.1, 0.15) is 28.4 Å². The average Bonchev–Trinajstić information content (AvgIpc) is 3.57. The van der Waals surface area contributed by atoms with Gasteiger partial charge in [0.25, 0.3) is 0 Å². The average molecular weight is 466 g/mol. The normalized spacial score (nSPS) is 15.8. The van der Waals surface area contributed by atoms with E-state index in [9.17, 15) is 0 Å². The fraction of sp³-hybridized carbons (Fsp3) is 0.214. The van der Waals surface area contributed by atoms with Crippen LogP contribution in [0, 0.1) is 0 Å². The molecule has 2 aromatic heterocycles. The summed E-state index contributed by atoms with van der Waals surface area (Å²) in [5.74, 6) is 1.58. The van der Waals surface area contributed by atoms with Crippen molar-refractivity contribution >= 4 is 10.9 Å². The molecular formula is C28H27N5O2. The van der Waals surface area contributed by atoms with Crippen molar-refractivity contribution in [2.45, 2.75) is 19.0 Å². The number of benzene rings is 3. The number of hydrogen-bond donors (Lipinski definition) is 2. The zero-order chi connectivity index (χ0) is 23.8. The first kappa shape index (κ1) is 21.4. The van der Waals surface area contributed by atoms with Crippen LogP contribution < -0.4 is 9.47 Å². The van der Waals surface area contributed by atoms with Gasteiger partial charge in [-0.1, -0.05) is 36.4 Å². The lowest BCUT2D eigenvalue weighted by atomic mass is 9.91. The smallest absolute Gasteiger partial charge is 0.122 e. The fourth-order valence-corrected chi connectivity index (χ4v) is 5.23. The predicted octanol–water partition coefficient (Wildman–Crippen LogP) is 5.12. The highest BCUT2D eigenvalue weighted by Crippen LogP contribution is 2.41. The number of H-pyrrole nitrogens is 2. The van der Waals surface area contributed by atoms with Crippen LogP contribution in [0.4, 0.5) is 0 Å². The third-order valence-corrected chi connectivity index (χ3v) is 6.85. The lowest BCUT2D eigenvalue weighted by molar-refractivity contribution is 0.201. The molecule has 0 radical (unpaired) electrons. The third-order valence-electron chi connectivity index (χ3n) is 6.85. The molecule has 3 aromatic carbocycles. The Morgan fingerprint density at radius 1 is 0.971 bits per heavy atom. The number of hydrogen-bond acceptors (Lipinski definition) is 5. The number of para-hydroxylation sites is 1. The van der Waals surface area contributed by atoms with Crippen LogP contribution in [0.5, 0.6) is 11.5 Å². The van der Waals surface area contributed by atoms with Crippen LogP contribution >= 0.6 is 0 Å². The van der Waals surface area contributed by atoms with Crippen molar-refractivity contribution in [1.29, 1.82) is 0 Å². The summed E-state index contributed by atoms with van der Waals surface area (Å²) in [6, 6.07) is 23.3. The lowest BCUT2D eigenvalue weighted by Gasteiger charge is -2.36. The van der Waals surface area contributed by atoms with Gasteiger partial charge >= 0.3 is 0 Å². The van der Waals surface area contributed by atoms with Crippen LogP contribution in [0.15, 0.2) is 72.9 Å². The van der Waals surface area contributed by atoms with Crippen molar-refractivity contribution in [3.8, 4) is 22.8 Å². The Morgan fingerprint density at radius 2 is 1.80 bits per heavy atom. The molecule has 7 nitrogen and oxygen atoms in total. The van der Waals surface area contributed by atoms with E-state index in [1.54, 1.807) is 20.4 Å². The van der Waals surface area contributed by atoms with E-state index < -0.39 is 0 Å². The van der Waals surface area contributed by atoms with Gasteiger partial charge in [0.15, 0.2) is 0 Å². The summed E-state index contributed by atoms with van der Waals surface area (Å²) in [7, 11) is 3.39. The molecule has 176 valence electrons. The number of aromatic nitrogens is 4. The third kappa shape index (κ3) is 3.94. The van der Waals surface area contributed by atoms with Crippen LogP contribution in [0.25, 0.3) is 22.2 Å². The highest BCUT2D eigenvalue weighted by Gasteiger charge is 2.32. The minimum Gasteiger partial charge on any atom is -0.497 e. The number of aromatic amines is 2. The standard InChI is InChI=1S/C28H27N5O2/c1-34-21-13-20(14-22(15-21)35-2)28-27-24(23-8-3-4-9-25(23)30-27)10-11-33(28)17-18-6-5-7-19(12-18)26-16-29-32-31-26/h3-9,12-16,28,30H,10-11,17H2,1-2H3,(H,29,31,32). The first-order chi connectivity index (χ1) is 17.2. The van der Waals surface area contributed by atoms with Crippen molar-refractivity contribution in [3.05, 3.63) is 95.3 Å². The molecule has 0 spiro atoms. The Balaban J connectivity index is 1.45. The zero-order valence-corrected chi connectivity index (χ0v) is 19.8. The second-order valence-electron chi connectivity index (χ2n) is 8.89. The van der Waals surface area contributed by atoms with Gasteiger partial charge in [0.2, 0.25) is 0 Å². The van der Waals surface area contributed by atoms with Gasteiger partial charge in [0.05, 0.1) is 26.5 Å².